The van der Waals surface area contributed by atoms with Crippen molar-refractivity contribution < 1.29 is 38.4 Å². The molecule has 6 unspecified atom stereocenters. The lowest BCUT2D eigenvalue weighted by Gasteiger charge is -2.66. The van der Waals surface area contributed by atoms with Crippen molar-refractivity contribution in [2.45, 2.75) is 228 Å². The first-order valence-electron chi connectivity index (χ1n) is 27.0. The minimum absolute atomic E-state index is 0.0179. The molecule has 0 aromatic heterocycles. The fourth-order valence-electron chi connectivity index (χ4n) is 16.2. The van der Waals surface area contributed by atoms with Crippen LogP contribution in [0.2, 0.25) is 0 Å². The SMILES string of the molecule is CCC(C[C@]1(N2CCCC2=O)CC(N2CCCC2=O)C[C@@](C)(N2CCCC2=O)C(CC)(N2CCCC2=O)CC(N2CCCC2=O)CC1(CC(C)N1CCCC1=O)N1CCCC1=O)N1CCCC1=O. The average Bonchev–Trinajstić information content (AvgIpc) is 4.16. The molecule has 8 atom stereocenters. The predicted octanol–water partition coefficient (Wildman–Crippen LogP) is 4.61. The monoisotopic (exact) mass is 945 g/mol. The van der Waals surface area contributed by atoms with Gasteiger partial charge in [-0.15, -0.1) is 0 Å². The molecule has 0 radical (unpaired) electrons. The molecule has 8 saturated heterocycles. The number of carbonyl (C=O) groups excluding carboxylic acids is 8. The van der Waals surface area contributed by atoms with Gasteiger partial charge in [0.05, 0.1) is 22.2 Å². The maximum Gasteiger partial charge on any atom is 0.223 e. The third-order valence-electron chi connectivity index (χ3n) is 19.2. The summed E-state index contributed by atoms with van der Waals surface area (Å²) in [5.41, 5.74) is -4.41. The molecule has 1 aliphatic carbocycles. The number of likely N-dealkylation sites (tertiary alicyclic amines) is 8. The van der Waals surface area contributed by atoms with E-state index in [1.165, 1.54) is 0 Å². The van der Waals surface area contributed by atoms with Gasteiger partial charge in [0.1, 0.15) is 0 Å². The second-order valence-corrected chi connectivity index (χ2v) is 22.5. The molecular weight excluding hydrogens is 865 g/mol. The second-order valence-electron chi connectivity index (χ2n) is 22.5. The molecule has 8 amide bonds. The van der Waals surface area contributed by atoms with Gasteiger partial charge in [-0.25, -0.2) is 0 Å². The minimum atomic E-state index is -1.21. The van der Waals surface area contributed by atoms with Crippen LogP contribution in [0.4, 0.5) is 0 Å². The van der Waals surface area contributed by atoms with Gasteiger partial charge in [-0.3, -0.25) is 38.4 Å². The lowest BCUT2D eigenvalue weighted by molar-refractivity contribution is -0.175. The molecule has 9 aliphatic rings. The summed E-state index contributed by atoms with van der Waals surface area (Å²) in [5.74, 6) is 0.190. The Bertz CT molecular complexity index is 2030. The van der Waals surface area contributed by atoms with E-state index in [9.17, 15) is 28.8 Å². The van der Waals surface area contributed by atoms with Gasteiger partial charge in [-0.1, -0.05) is 13.8 Å². The summed E-state index contributed by atoms with van der Waals surface area (Å²) in [5, 5.41) is 0. The van der Waals surface area contributed by atoms with Gasteiger partial charge in [0.25, 0.3) is 0 Å². The highest BCUT2D eigenvalue weighted by Crippen LogP contribution is 2.57. The molecule has 0 aromatic carbocycles. The molecule has 68 heavy (non-hydrogen) atoms. The van der Waals surface area contributed by atoms with Crippen LogP contribution in [0.1, 0.15) is 182 Å². The van der Waals surface area contributed by atoms with Gasteiger partial charge >= 0.3 is 0 Å². The average molecular weight is 945 g/mol. The minimum Gasteiger partial charge on any atom is -0.340 e. The van der Waals surface area contributed by atoms with Crippen molar-refractivity contribution in [3.05, 3.63) is 0 Å². The topological polar surface area (TPSA) is 162 Å². The van der Waals surface area contributed by atoms with E-state index in [0.717, 1.165) is 12.8 Å². The summed E-state index contributed by atoms with van der Waals surface area (Å²) < 4.78 is 0. The molecule has 16 nitrogen and oxygen atoms in total. The van der Waals surface area contributed by atoms with Crippen molar-refractivity contribution in [1.82, 2.24) is 39.2 Å². The summed E-state index contributed by atoms with van der Waals surface area (Å²) in [4.78, 5) is 134. The van der Waals surface area contributed by atoms with E-state index in [1.54, 1.807) is 0 Å². The van der Waals surface area contributed by atoms with Crippen LogP contribution in [-0.2, 0) is 38.4 Å². The quantitative estimate of drug-likeness (QED) is 0.244. The van der Waals surface area contributed by atoms with Crippen molar-refractivity contribution in [2.75, 3.05) is 52.4 Å². The molecule has 8 aliphatic heterocycles. The normalized spacial score (nSPS) is 35.5. The van der Waals surface area contributed by atoms with Crippen LogP contribution in [0.15, 0.2) is 0 Å². The summed E-state index contributed by atoms with van der Waals surface area (Å²) in [6, 6.07) is -1.76. The van der Waals surface area contributed by atoms with E-state index in [1.807, 2.05) is 24.5 Å². The molecule has 0 spiro atoms. The van der Waals surface area contributed by atoms with E-state index >= 15 is 9.59 Å². The van der Waals surface area contributed by atoms with Crippen molar-refractivity contribution in [1.29, 1.82) is 0 Å². The Morgan fingerprint density at radius 1 is 0.426 bits per heavy atom. The highest BCUT2D eigenvalue weighted by atomic mass is 16.2. The Hall–Kier alpha value is -4.24. The standard InChI is InChI=1S/C52H80N8O8/c1-5-38(54-24-8-16-42(54)62)33-52(60-30-14-22-48(60)68)35-39(55-25-9-17-43(55)63)32-49(4,57-27-11-19-45(57)65)50(6-2,58-28-12-20-46(58)66)34-40(56-26-10-18-44(56)64)36-51(52,59-29-13-21-47(59)67)31-37(3)53-23-7-15-41(53)61/h37-40H,5-36H2,1-4H3/t37?,38?,39?,40?,49-,50?,51?,52+/m1/s1. The summed E-state index contributed by atoms with van der Waals surface area (Å²) in [7, 11) is 0. The first-order valence-corrected chi connectivity index (χ1v) is 27.0. The molecule has 16 heteroatoms. The van der Waals surface area contributed by atoms with Crippen LogP contribution in [0.3, 0.4) is 0 Å². The molecule has 376 valence electrons. The maximum absolute atomic E-state index is 15.3. The second kappa shape index (κ2) is 19.2. The third kappa shape index (κ3) is 8.01. The molecule has 9 fully saturated rings. The van der Waals surface area contributed by atoms with E-state index in [2.05, 4.69) is 42.4 Å². The molecule has 8 heterocycles. The summed E-state index contributed by atoms with van der Waals surface area (Å²) in [6.07, 6.45) is 11.4. The number of hydrogen-bond acceptors (Lipinski definition) is 8. The zero-order chi connectivity index (χ0) is 48.2. The molecule has 0 bridgehead atoms. The molecular formula is C52H80N8O8. The van der Waals surface area contributed by atoms with Gasteiger partial charge in [-0.05, 0) is 117 Å². The van der Waals surface area contributed by atoms with Crippen molar-refractivity contribution in [3.63, 3.8) is 0 Å². The van der Waals surface area contributed by atoms with E-state index in [4.69, 9.17) is 0 Å². The van der Waals surface area contributed by atoms with Gasteiger partial charge in [0.2, 0.25) is 47.3 Å². The number of rotatable bonds is 14. The molecule has 0 aromatic rings. The Balaban J connectivity index is 1.39. The number of nitrogens with zero attached hydrogens (tertiary/aromatic N) is 8. The van der Waals surface area contributed by atoms with Crippen LogP contribution in [0.5, 0.6) is 0 Å². The highest BCUT2D eigenvalue weighted by Gasteiger charge is 2.68. The number of amides is 8. The van der Waals surface area contributed by atoms with Gasteiger partial charge in [0, 0.05) is 128 Å². The fourth-order valence-corrected chi connectivity index (χ4v) is 16.2. The van der Waals surface area contributed by atoms with Crippen molar-refractivity contribution >= 4 is 47.3 Å². The third-order valence-corrected chi connectivity index (χ3v) is 19.2. The van der Waals surface area contributed by atoms with E-state index in [0.29, 0.717) is 181 Å². The number of hydrogen-bond donors (Lipinski definition) is 0. The predicted molar refractivity (Wildman–Crippen MR) is 253 cm³/mol. The van der Waals surface area contributed by atoms with Crippen LogP contribution in [0, 0.1) is 0 Å². The Morgan fingerprint density at radius 2 is 0.794 bits per heavy atom. The fraction of sp³-hybridized carbons (Fsp3) is 0.846. The maximum atomic E-state index is 15.3. The first kappa shape index (κ1) is 48.8. The van der Waals surface area contributed by atoms with Crippen molar-refractivity contribution in [2.24, 2.45) is 0 Å². The van der Waals surface area contributed by atoms with Gasteiger partial charge < -0.3 is 39.2 Å². The smallest absolute Gasteiger partial charge is 0.223 e. The zero-order valence-electron chi connectivity index (χ0n) is 41.8. The summed E-state index contributed by atoms with van der Waals surface area (Å²) in [6.45, 7) is 12.5. The largest absolute Gasteiger partial charge is 0.340 e. The Labute approximate surface area is 404 Å². The lowest BCUT2D eigenvalue weighted by Crippen LogP contribution is -2.78. The lowest BCUT2D eigenvalue weighted by atomic mass is 9.57. The Morgan fingerprint density at radius 3 is 1.19 bits per heavy atom. The van der Waals surface area contributed by atoms with E-state index < -0.39 is 34.2 Å². The number of carbonyl (C=O) groups is 8. The van der Waals surface area contributed by atoms with Crippen molar-refractivity contribution in [3.8, 4) is 0 Å². The molecule has 9 rings (SSSR count). The van der Waals surface area contributed by atoms with E-state index in [-0.39, 0.29) is 72.2 Å². The van der Waals surface area contributed by atoms with Crippen LogP contribution < -0.4 is 0 Å². The van der Waals surface area contributed by atoms with Crippen LogP contribution in [-0.4, -0.2) is 185 Å². The summed E-state index contributed by atoms with van der Waals surface area (Å²) >= 11 is 0. The van der Waals surface area contributed by atoms with Gasteiger partial charge in [0.15, 0.2) is 0 Å². The zero-order valence-corrected chi connectivity index (χ0v) is 41.8. The van der Waals surface area contributed by atoms with Crippen LogP contribution >= 0.6 is 0 Å². The molecule has 0 N–H and O–H groups in total. The highest BCUT2D eigenvalue weighted by molar-refractivity contribution is 5.84. The first-order chi connectivity index (χ1) is 32.6. The van der Waals surface area contributed by atoms with Gasteiger partial charge in [-0.2, -0.15) is 0 Å². The molecule has 1 saturated carbocycles. The van der Waals surface area contributed by atoms with Crippen LogP contribution in [0.25, 0.3) is 0 Å². The Kier molecular flexibility index (Phi) is 13.7.